The van der Waals surface area contributed by atoms with Gasteiger partial charge in [0.2, 0.25) is 5.91 Å². The molecular formula is C17H26BrCl2N3O2. The average Bonchev–Trinajstić information content (AvgIpc) is 3.07. The maximum absolute atomic E-state index is 12.3. The monoisotopic (exact) mass is 453 g/mol. The van der Waals surface area contributed by atoms with Crippen LogP contribution in [-0.2, 0) is 9.53 Å². The third kappa shape index (κ3) is 6.61. The molecule has 1 unspecified atom stereocenters. The van der Waals surface area contributed by atoms with Crippen molar-refractivity contribution in [2.45, 2.75) is 19.3 Å². The first-order valence-electron chi connectivity index (χ1n) is 8.35. The molecule has 0 radical (unpaired) electrons. The standard InChI is InChI=1S/C17H24BrN3O2.2ClH/c18-14-2-3-16(21-7-9-23-10-8-21)15(11-14)20-17(22)4-1-13-5-6-19-12-13;;/h2-3,11,13,19H,1,4-10,12H2,(H,20,22);2*1H. The summed E-state index contributed by atoms with van der Waals surface area (Å²) in [5, 5.41) is 6.45. The van der Waals surface area contributed by atoms with E-state index in [1.54, 1.807) is 0 Å². The van der Waals surface area contributed by atoms with E-state index in [9.17, 15) is 4.79 Å². The highest BCUT2D eigenvalue weighted by atomic mass is 79.9. The van der Waals surface area contributed by atoms with Crippen LogP contribution in [0.4, 0.5) is 11.4 Å². The van der Waals surface area contributed by atoms with Gasteiger partial charge < -0.3 is 20.3 Å². The van der Waals surface area contributed by atoms with Crippen LogP contribution in [0.1, 0.15) is 19.3 Å². The van der Waals surface area contributed by atoms with E-state index in [1.807, 2.05) is 12.1 Å². The van der Waals surface area contributed by atoms with Crippen molar-refractivity contribution < 1.29 is 9.53 Å². The summed E-state index contributed by atoms with van der Waals surface area (Å²) in [5.74, 6) is 0.742. The minimum Gasteiger partial charge on any atom is -0.378 e. The number of morpholine rings is 1. The van der Waals surface area contributed by atoms with Gasteiger partial charge in [0.15, 0.2) is 0 Å². The largest absolute Gasteiger partial charge is 0.378 e. The van der Waals surface area contributed by atoms with Gasteiger partial charge >= 0.3 is 0 Å². The first-order chi connectivity index (χ1) is 11.2. The number of rotatable bonds is 5. The summed E-state index contributed by atoms with van der Waals surface area (Å²) in [4.78, 5) is 14.6. The van der Waals surface area contributed by atoms with Gasteiger partial charge in [-0.15, -0.1) is 24.8 Å². The zero-order chi connectivity index (χ0) is 16.1. The lowest BCUT2D eigenvalue weighted by molar-refractivity contribution is -0.116. The van der Waals surface area contributed by atoms with Crippen LogP contribution >= 0.6 is 40.7 Å². The quantitative estimate of drug-likeness (QED) is 0.715. The number of carbonyl (C=O) groups is 1. The van der Waals surface area contributed by atoms with Crippen LogP contribution in [0.15, 0.2) is 22.7 Å². The number of benzene rings is 1. The molecule has 1 amide bonds. The third-order valence-corrected chi connectivity index (χ3v) is 5.02. The molecule has 142 valence electrons. The number of hydrogen-bond donors (Lipinski definition) is 2. The lowest BCUT2D eigenvalue weighted by Crippen LogP contribution is -2.36. The van der Waals surface area contributed by atoms with E-state index in [-0.39, 0.29) is 30.7 Å². The SMILES string of the molecule is Cl.Cl.O=C(CCC1CCNC1)Nc1cc(Br)ccc1N1CCOCC1. The zero-order valence-electron chi connectivity index (χ0n) is 14.1. The number of ether oxygens (including phenoxy) is 1. The highest BCUT2D eigenvalue weighted by molar-refractivity contribution is 9.10. The molecular weight excluding hydrogens is 429 g/mol. The van der Waals surface area contributed by atoms with Gasteiger partial charge in [-0.3, -0.25) is 4.79 Å². The number of nitrogens with one attached hydrogen (secondary N) is 2. The Labute approximate surface area is 170 Å². The van der Waals surface area contributed by atoms with E-state index in [0.717, 1.165) is 61.7 Å². The normalized spacial score (nSPS) is 19.7. The Morgan fingerprint density at radius 2 is 2.08 bits per heavy atom. The summed E-state index contributed by atoms with van der Waals surface area (Å²) in [6.07, 6.45) is 2.73. The van der Waals surface area contributed by atoms with Gasteiger partial charge in [0.1, 0.15) is 0 Å². The van der Waals surface area contributed by atoms with Gasteiger partial charge in [-0.25, -0.2) is 0 Å². The van der Waals surface area contributed by atoms with Crippen LogP contribution in [0.2, 0.25) is 0 Å². The number of amides is 1. The Bertz CT molecular complexity index is 551. The first-order valence-corrected chi connectivity index (χ1v) is 9.14. The molecule has 0 aliphatic carbocycles. The molecule has 2 saturated heterocycles. The van der Waals surface area contributed by atoms with Gasteiger partial charge in [0.05, 0.1) is 24.6 Å². The highest BCUT2D eigenvalue weighted by Crippen LogP contribution is 2.30. The number of nitrogens with zero attached hydrogens (tertiary/aromatic N) is 1. The molecule has 1 aromatic carbocycles. The van der Waals surface area contributed by atoms with Crippen LogP contribution in [0, 0.1) is 5.92 Å². The molecule has 8 heteroatoms. The van der Waals surface area contributed by atoms with Crippen molar-refractivity contribution in [3.63, 3.8) is 0 Å². The van der Waals surface area contributed by atoms with E-state index >= 15 is 0 Å². The average molecular weight is 455 g/mol. The second-order valence-electron chi connectivity index (χ2n) is 6.21. The topological polar surface area (TPSA) is 53.6 Å². The summed E-state index contributed by atoms with van der Waals surface area (Å²) in [6.45, 7) is 5.31. The molecule has 2 N–H and O–H groups in total. The van der Waals surface area contributed by atoms with Crippen molar-refractivity contribution in [2.24, 2.45) is 5.92 Å². The van der Waals surface area contributed by atoms with E-state index < -0.39 is 0 Å². The maximum Gasteiger partial charge on any atom is 0.224 e. The summed E-state index contributed by atoms with van der Waals surface area (Å²) in [7, 11) is 0. The molecule has 2 heterocycles. The third-order valence-electron chi connectivity index (χ3n) is 4.53. The highest BCUT2D eigenvalue weighted by Gasteiger charge is 2.18. The zero-order valence-corrected chi connectivity index (χ0v) is 17.4. The Kier molecular flexibility index (Phi) is 10.1. The number of hydrogen-bond acceptors (Lipinski definition) is 4. The van der Waals surface area contributed by atoms with Crippen LogP contribution in [-0.4, -0.2) is 45.3 Å². The van der Waals surface area contributed by atoms with Crippen LogP contribution in [0.3, 0.4) is 0 Å². The Morgan fingerprint density at radius 3 is 2.76 bits per heavy atom. The molecule has 3 rings (SSSR count). The maximum atomic E-state index is 12.3. The molecule has 2 aliphatic heterocycles. The van der Waals surface area contributed by atoms with Gasteiger partial charge in [0, 0.05) is 24.0 Å². The number of halogens is 3. The molecule has 2 aliphatic rings. The smallest absolute Gasteiger partial charge is 0.224 e. The summed E-state index contributed by atoms with van der Waals surface area (Å²) < 4.78 is 6.39. The molecule has 0 bridgehead atoms. The van der Waals surface area contributed by atoms with Crippen molar-refractivity contribution in [1.82, 2.24) is 5.32 Å². The molecule has 0 aromatic heterocycles. The van der Waals surface area contributed by atoms with Gasteiger partial charge in [-0.1, -0.05) is 15.9 Å². The van der Waals surface area contributed by atoms with Gasteiger partial charge in [0.25, 0.3) is 0 Å². The number of carbonyl (C=O) groups excluding carboxylic acids is 1. The predicted molar refractivity (Wildman–Crippen MR) is 111 cm³/mol. The molecule has 2 fully saturated rings. The Balaban J connectivity index is 0.00000156. The van der Waals surface area contributed by atoms with Crippen LogP contribution in [0.25, 0.3) is 0 Å². The fourth-order valence-corrected chi connectivity index (χ4v) is 3.56. The minimum absolute atomic E-state index is 0. The van der Waals surface area contributed by atoms with E-state index in [4.69, 9.17) is 4.74 Å². The van der Waals surface area contributed by atoms with Crippen molar-refractivity contribution >= 4 is 58.0 Å². The minimum atomic E-state index is 0. The van der Waals surface area contributed by atoms with Crippen molar-refractivity contribution in [2.75, 3.05) is 49.6 Å². The molecule has 5 nitrogen and oxygen atoms in total. The van der Waals surface area contributed by atoms with Crippen molar-refractivity contribution in [3.05, 3.63) is 22.7 Å². The Hall–Kier alpha value is -0.530. The number of anilines is 2. The predicted octanol–water partition coefficient (Wildman–Crippen LogP) is 3.46. The summed E-state index contributed by atoms with van der Waals surface area (Å²) in [6, 6.07) is 6.07. The van der Waals surface area contributed by atoms with Crippen molar-refractivity contribution in [1.29, 1.82) is 0 Å². The first kappa shape index (κ1) is 22.5. The fraction of sp³-hybridized carbons (Fsp3) is 0.588. The van der Waals surface area contributed by atoms with Gasteiger partial charge in [-0.2, -0.15) is 0 Å². The van der Waals surface area contributed by atoms with Crippen LogP contribution < -0.4 is 15.5 Å². The summed E-state index contributed by atoms with van der Waals surface area (Å²) in [5.41, 5.74) is 1.96. The molecule has 0 saturated carbocycles. The molecule has 0 spiro atoms. The summed E-state index contributed by atoms with van der Waals surface area (Å²) >= 11 is 3.50. The molecule has 1 atom stereocenters. The second kappa shape index (κ2) is 11.2. The lowest BCUT2D eigenvalue weighted by Gasteiger charge is -2.30. The van der Waals surface area contributed by atoms with E-state index in [0.29, 0.717) is 12.3 Å². The Morgan fingerprint density at radius 1 is 1.32 bits per heavy atom. The van der Waals surface area contributed by atoms with Crippen LogP contribution in [0.5, 0.6) is 0 Å². The second-order valence-corrected chi connectivity index (χ2v) is 7.12. The van der Waals surface area contributed by atoms with Crippen molar-refractivity contribution in [3.8, 4) is 0 Å². The lowest BCUT2D eigenvalue weighted by atomic mass is 10.0. The van der Waals surface area contributed by atoms with Gasteiger partial charge in [-0.05, 0) is 50.0 Å². The fourth-order valence-electron chi connectivity index (χ4n) is 3.20. The van der Waals surface area contributed by atoms with E-state index in [1.165, 1.54) is 6.42 Å². The molecule has 1 aromatic rings. The van der Waals surface area contributed by atoms with E-state index in [2.05, 4.69) is 37.5 Å². The molecule has 25 heavy (non-hydrogen) atoms.